The maximum absolute atomic E-state index is 4.99. The van der Waals surface area contributed by atoms with Gasteiger partial charge in [-0.2, -0.15) is 11.8 Å². The fourth-order valence-corrected chi connectivity index (χ4v) is 5.92. The second-order valence-corrected chi connectivity index (χ2v) is 8.65. The van der Waals surface area contributed by atoms with Crippen LogP contribution in [-0.2, 0) is 0 Å². The molecule has 3 nitrogen and oxygen atoms in total. The molecular formula is C16H25N3S2. The summed E-state index contributed by atoms with van der Waals surface area (Å²) in [6, 6.07) is 2.19. The van der Waals surface area contributed by atoms with Crippen LogP contribution in [0.3, 0.4) is 0 Å². The van der Waals surface area contributed by atoms with E-state index >= 15 is 0 Å². The third-order valence-electron chi connectivity index (χ3n) is 4.34. The normalized spacial score (nSPS) is 27.0. The van der Waals surface area contributed by atoms with Gasteiger partial charge in [-0.25, -0.2) is 9.97 Å². The van der Waals surface area contributed by atoms with Crippen molar-refractivity contribution in [3.8, 4) is 0 Å². The molecule has 0 bridgehead atoms. The Morgan fingerprint density at radius 3 is 2.67 bits per heavy atom. The Bertz CT molecular complexity index is 475. The fourth-order valence-electron chi connectivity index (χ4n) is 3.23. The summed E-state index contributed by atoms with van der Waals surface area (Å²) in [5, 5.41) is 4.45. The van der Waals surface area contributed by atoms with Crippen molar-refractivity contribution in [2.75, 3.05) is 23.4 Å². The summed E-state index contributed by atoms with van der Waals surface area (Å²) < 4.78 is 0. The number of thioether (sulfide) groups is 2. The molecule has 0 spiro atoms. The van der Waals surface area contributed by atoms with E-state index in [0.717, 1.165) is 18.2 Å². The Balaban J connectivity index is 1.90. The number of hydrogen-bond acceptors (Lipinski definition) is 5. The van der Waals surface area contributed by atoms with Crippen molar-refractivity contribution in [1.82, 2.24) is 9.97 Å². The molecule has 0 aromatic carbocycles. The molecule has 21 heavy (non-hydrogen) atoms. The van der Waals surface area contributed by atoms with E-state index in [0.29, 0.717) is 16.4 Å². The van der Waals surface area contributed by atoms with Crippen LogP contribution >= 0.6 is 23.5 Å². The highest BCUT2D eigenvalue weighted by molar-refractivity contribution is 8.06. The molecule has 2 heterocycles. The van der Waals surface area contributed by atoms with Gasteiger partial charge in [0.05, 0.1) is 5.25 Å². The second-order valence-electron chi connectivity index (χ2n) is 5.92. The Hall–Kier alpha value is -0.420. The summed E-state index contributed by atoms with van der Waals surface area (Å²) in [5.41, 5.74) is 1.27. The molecule has 1 saturated carbocycles. The molecule has 0 amide bonds. The molecule has 1 aromatic heterocycles. The first-order chi connectivity index (χ1) is 10.3. The summed E-state index contributed by atoms with van der Waals surface area (Å²) >= 11 is 4.09. The zero-order valence-corrected chi connectivity index (χ0v) is 14.6. The lowest BCUT2D eigenvalue weighted by Crippen LogP contribution is -2.19. The van der Waals surface area contributed by atoms with Gasteiger partial charge in [0.25, 0.3) is 0 Å². The van der Waals surface area contributed by atoms with Crippen molar-refractivity contribution >= 4 is 29.3 Å². The summed E-state index contributed by atoms with van der Waals surface area (Å²) in [4.78, 5) is 9.80. The lowest BCUT2D eigenvalue weighted by molar-refractivity contribution is 0.679. The van der Waals surface area contributed by atoms with Crippen molar-refractivity contribution in [2.24, 2.45) is 0 Å². The molecule has 5 heteroatoms. The Morgan fingerprint density at radius 1 is 1.19 bits per heavy atom. The quantitative estimate of drug-likeness (QED) is 0.884. The maximum Gasteiger partial charge on any atom is 0.145 e. The van der Waals surface area contributed by atoms with Crippen molar-refractivity contribution in [3.05, 3.63) is 17.6 Å². The van der Waals surface area contributed by atoms with Crippen LogP contribution in [0.15, 0.2) is 6.07 Å². The third kappa shape index (κ3) is 3.67. The van der Waals surface area contributed by atoms with Crippen LogP contribution in [0.1, 0.15) is 62.2 Å². The van der Waals surface area contributed by atoms with Crippen molar-refractivity contribution < 1.29 is 0 Å². The highest BCUT2D eigenvalue weighted by atomic mass is 32.2. The summed E-state index contributed by atoms with van der Waals surface area (Å²) in [5.74, 6) is 5.20. The maximum atomic E-state index is 4.99. The number of nitrogens with zero attached hydrogens (tertiary/aromatic N) is 2. The highest BCUT2D eigenvalue weighted by Crippen LogP contribution is 2.42. The second kappa shape index (κ2) is 7.23. The average Bonchev–Trinajstić information content (AvgIpc) is 3.02. The minimum atomic E-state index is 0.447. The van der Waals surface area contributed by atoms with E-state index in [2.05, 4.69) is 37.0 Å². The highest BCUT2D eigenvalue weighted by Gasteiger charge is 2.28. The monoisotopic (exact) mass is 323 g/mol. The molecule has 2 fully saturated rings. The van der Waals surface area contributed by atoms with E-state index in [1.165, 1.54) is 42.9 Å². The zero-order chi connectivity index (χ0) is 14.7. The van der Waals surface area contributed by atoms with E-state index in [1.807, 2.05) is 11.8 Å². The van der Waals surface area contributed by atoms with Crippen LogP contribution in [-0.4, -0.2) is 33.3 Å². The number of aromatic nitrogens is 2. The van der Waals surface area contributed by atoms with Gasteiger partial charge in [0.15, 0.2) is 0 Å². The summed E-state index contributed by atoms with van der Waals surface area (Å²) in [6.45, 7) is 5.37. The molecule has 1 aliphatic heterocycles. The van der Waals surface area contributed by atoms with Crippen LogP contribution < -0.4 is 5.32 Å². The van der Waals surface area contributed by atoms with Gasteiger partial charge in [-0.05, 0) is 19.8 Å². The van der Waals surface area contributed by atoms with E-state index in [1.54, 1.807) is 0 Å². The molecule has 2 atom stereocenters. The summed E-state index contributed by atoms with van der Waals surface area (Å²) in [6.07, 6.45) is 5.30. The third-order valence-corrected chi connectivity index (χ3v) is 7.42. The standard InChI is InChI=1S/C16H25N3S2/c1-3-17-14-10-13(12-6-4-5-7-12)18-16(19-14)15-11(2)20-8-9-21-15/h10-12,15H,3-9H2,1-2H3,(H,17,18,19). The Morgan fingerprint density at radius 2 is 1.95 bits per heavy atom. The first kappa shape index (κ1) is 15.5. The molecule has 2 unspecified atom stereocenters. The molecule has 3 rings (SSSR count). The average molecular weight is 324 g/mol. The minimum absolute atomic E-state index is 0.447. The SMILES string of the molecule is CCNc1cc(C2CCCC2)nc(C2SCCSC2C)n1. The van der Waals surface area contributed by atoms with Crippen LogP contribution in [0.25, 0.3) is 0 Å². The van der Waals surface area contributed by atoms with Gasteiger partial charge < -0.3 is 5.32 Å². The first-order valence-corrected chi connectivity index (χ1v) is 10.2. The van der Waals surface area contributed by atoms with Gasteiger partial charge in [0.1, 0.15) is 11.6 Å². The van der Waals surface area contributed by atoms with E-state index in [9.17, 15) is 0 Å². The van der Waals surface area contributed by atoms with Crippen LogP contribution in [0, 0.1) is 0 Å². The van der Waals surface area contributed by atoms with E-state index in [-0.39, 0.29) is 0 Å². The predicted molar refractivity (Wildman–Crippen MR) is 94.5 cm³/mol. The number of nitrogens with one attached hydrogen (secondary N) is 1. The molecule has 1 N–H and O–H groups in total. The molecular weight excluding hydrogens is 298 g/mol. The van der Waals surface area contributed by atoms with Crippen molar-refractivity contribution in [3.63, 3.8) is 0 Å². The van der Waals surface area contributed by atoms with Crippen molar-refractivity contribution in [2.45, 2.75) is 55.9 Å². The number of hydrogen-bond donors (Lipinski definition) is 1. The fraction of sp³-hybridized carbons (Fsp3) is 0.750. The lowest BCUT2D eigenvalue weighted by Gasteiger charge is -2.27. The van der Waals surface area contributed by atoms with Gasteiger partial charge in [0.2, 0.25) is 0 Å². The number of anilines is 1. The van der Waals surface area contributed by atoms with Gasteiger partial charge in [-0.15, -0.1) is 11.8 Å². The minimum Gasteiger partial charge on any atom is -0.370 e. The Kier molecular flexibility index (Phi) is 5.33. The molecule has 116 valence electrons. The molecule has 0 radical (unpaired) electrons. The largest absolute Gasteiger partial charge is 0.370 e. The summed E-state index contributed by atoms with van der Waals surface area (Å²) in [7, 11) is 0. The zero-order valence-electron chi connectivity index (χ0n) is 13.0. The number of rotatable bonds is 4. The molecule has 1 aromatic rings. The van der Waals surface area contributed by atoms with E-state index in [4.69, 9.17) is 9.97 Å². The van der Waals surface area contributed by atoms with Gasteiger partial charge in [-0.1, -0.05) is 19.8 Å². The lowest BCUT2D eigenvalue weighted by atomic mass is 10.0. The van der Waals surface area contributed by atoms with Gasteiger partial charge in [-0.3, -0.25) is 0 Å². The van der Waals surface area contributed by atoms with Crippen molar-refractivity contribution in [1.29, 1.82) is 0 Å². The molecule has 1 aliphatic carbocycles. The van der Waals surface area contributed by atoms with Crippen LogP contribution in [0.2, 0.25) is 0 Å². The van der Waals surface area contributed by atoms with E-state index < -0.39 is 0 Å². The van der Waals surface area contributed by atoms with Crippen LogP contribution in [0.4, 0.5) is 5.82 Å². The first-order valence-electron chi connectivity index (χ1n) is 8.14. The van der Waals surface area contributed by atoms with Gasteiger partial charge in [0, 0.05) is 41.0 Å². The Labute approximate surface area is 136 Å². The van der Waals surface area contributed by atoms with Gasteiger partial charge >= 0.3 is 0 Å². The molecule has 2 aliphatic rings. The smallest absolute Gasteiger partial charge is 0.145 e. The van der Waals surface area contributed by atoms with Crippen LogP contribution in [0.5, 0.6) is 0 Å². The molecule has 1 saturated heterocycles. The topological polar surface area (TPSA) is 37.8 Å². The predicted octanol–water partition coefficient (Wildman–Crippen LogP) is 4.48.